The molecule has 2 aromatic carbocycles. The minimum atomic E-state index is -1.12. The molecular formula is C24H28F4. The summed E-state index contributed by atoms with van der Waals surface area (Å²) in [6.07, 6.45) is 8.01. The summed E-state index contributed by atoms with van der Waals surface area (Å²) in [4.78, 5) is 0. The van der Waals surface area contributed by atoms with Gasteiger partial charge in [0.15, 0.2) is 11.6 Å². The molecule has 1 fully saturated rings. The third-order valence-corrected chi connectivity index (χ3v) is 6.26. The first-order valence-electron chi connectivity index (χ1n) is 10.3. The third-order valence-electron chi connectivity index (χ3n) is 6.26. The highest BCUT2D eigenvalue weighted by molar-refractivity contribution is 5.65. The zero-order valence-electron chi connectivity index (χ0n) is 16.6. The van der Waals surface area contributed by atoms with Crippen molar-refractivity contribution in [1.29, 1.82) is 0 Å². The second-order valence-electron chi connectivity index (χ2n) is 8.31. The molecule has 0 bridgehead atoms. The number of hydrogen-bond donors (Lipinski definition) is 0. The molecule has 0 amide bonds. The lowest BCUT2D eigenvalue weighted by molar-refractivity contribution is 0.206. The summed E-state index contributed by atoms with van der Waals surface area (Å²) in [5.41, 5.74) is 0.308. The molecule has 28 heavy (non-hydrogen) atoms. The number of benzene rings is 2. The highest BCUT2D eigenvalue weighted by Gasteiger charge is 2.25. The van der Waals surface area contributed by atoms with Crippen LogP contribution in [0.4, 0.5) is 17.6 Å². The van der Waals surface area contributed by atoms with E-state index in [0.29, 0.717) is 23.8 Å². The van der Waals surface area contributed by atoms with E-state index in [9.17, 15) is 17.6 Å². The van der Waals surface area contributed by atoms with E-state index in [1.54, 1.807) is 0 Å². The molecule has 0 aliphatic heterocycles. The summed E-state index contributed by atoms with van der Waals surface area (Å²) in [5.74, 6) is -1.85. The molecule has 3 rings (SSSR count). The smallest absolute Gasteiger partial charge is 0.159 e. The largest absolute Gasteiger partial charge is 0.206 e. The Morgan fingerprint density at radius 1 is 0.857 bits per heavy atom. The van der Waals surface area contributed by atoms with Gasteiger partial charge in [-0.05, 0) is 72.4 Å². The molecule has 2 aromatic rings. The van der Waals surface area contributed by atoms with E-state index in [4.69, 9.17) is 0 Å². The lowest BCUT2D eigenvalue weighted by Crippen LogP contribution is -2.21. The van der Waals surface area contributed by atoms with Crippen molar-refractivity contribution in [2.24, 2.45) is 17.8 Å². The molecule has 1 aliphatic carbocycles. The molecule has 0 heterocycles. The van der Waals surface area contributed by atoms with E-state index in [0.717, 1.165) is 18.1 Å². The van der Waals surface area contributed by atoms with E-state index >= 15 is 0 Å². The van der Waals surface area contributed by atoms with Gasteiger partial charge < -0.3 is 0 Å². The van der Waals surface area contributed by atoms with Crippen LogP contribution in [0.15, 0.2) is 30.3 Å². The third kappa shape index (κ3) is 4.76. The van der Waals surface area contributed by atoms with Crippen LogP contribution in [0, 0.1) is 41.0 Å². The van der Waals surface area contributed by atoms with Crippen molar-refractivity contribution in [3.05, 3.63) is 59.2 Å². The lowest BCUT2D eigenvalue weighted by Gasteiger charge is -2.32. The van der Waals surface area contributed by atoms with Crippen molar-refractivity contribution in [3.8, 4) is 11.1 Å². The van der Waals surface area contributed by atoms with Gasteiger partial charge >= 0.3 is 0 Å². The van der Waals surface area contributed by atoms with Gasteiger partial charge in [0, 0.05) is 0 Å². The van der Waals surface area contributed by atoms with Crippen LogP contribution in [0.1, 0.15) is 57.9 Å². The van der Waals surface area contributed by atoms with E-state index in [-0.39, 0.29) is 11.1 Å². The topological polar surface area (TPSA) is 0 Å². The van der Waals surface area contributed by atoms with Crippen LogP contribution in [-0.4, -0.2) is 0 Å². The summed E-state index contributed by atoms with van der Waals surface area (Å²) in [5, 5.41) is 0. The van der Waals surface area contributed by atoms with Crippen molar-refractivity contribution in [2.75, 3.05) is 0 Å². The van der Waals surface area contributed by atoms with Crippen LogP contribution in [0.25, 0.3) is 11.1 Å². The Balaban J connectivity index is 1.71. The summed E-state index contributed by atoms with van der Waals surface area (Å²) >= 11 is 0. The molecule has 4 heteroatoms. The number of rotatable bonds is 6. The van der Waals surface area contributed by atoms with Crippen molar-refractivity contribution in [3.63, 3.8) is 0 Å². The van der Waals surface area contributed by atoms with Crippen LogP contribution in [0.5, 0.6) is 0 Å². The van der Waals surface area contributed by atoms with Crippen LogP contribution in [-0.2, 0) is 6.42 Å². The average Bonchev–Trinajstić information content (AvgIpc) is 2.65. The van der Waals surface area contributed by atoms with E-state index < -0.39 is 23.3 Å². The van der Waals surface area contributed by atoms with Crippen molar-refractivity contribution >= 4 is 0 Å². The number of halogens is 4. The summed E-state index contributed by atoms with van der Waals surface area (Å²) in [6, 6.07) is 5.57. The lowest BCUT2D eigenvalue weighted by atomic mass is 9.73. The van der Waals surface area contributed by atoms with Crippen molar-refractivity contribution in [2.45, 2.75) is 58.8 Å². The Morgan fingerprint density at radius 2 is 1.50 bits per heavy atom. The fourth-order valence-corrected chi connectivity index (χ4v) is 4.66. The van der Waals surface area contributed by atoms with E-state index in [1.807, 2.05) is 0 Å². The second-order valence-corrected chi connectivity index (χ2v) is 8.31. The van der Waals surface area contributed by atoms with Gasteiger partial charge in [-0.3, -0.25) is 0 Å². The molecule has 1 atom stereocenters. The minimum absolute atomic E-state index is 0.00254. The quantitative estimate of drug-likeness (QED) is 0.442. The molecule has 152 valence electrons. The monoisotopic (exact) mass is 392 g/mol. The van der Waals surface area contributed by atoms with Gasteiger partial charge in [0.05, 0.1) is 5.56 Å². The normalized spacial score (nSPS) is 20.9. The highest BCUT2D eigenvalue weighted by atomic mass is 19.2. The van der Waals surface area contributed by atoms with Gasteiger partial charge in [-0.15, -0.1) is 0 Å². The average molecular weight is 392 g/mol. The molecule has 0 N–H and O–H groups in total. The molecule has 0 aromatic heterocycles. The molecule has 1 unspecified atom stereocenters. The Kier molecular flexibility index (Phi) is 6.79. The Hall–Kier alpha value is -1.84. The molecule has 1 saturated carbocycles. The predicted molar refractivity (Wildman–Crippen MR) is 105 cm³/mol. The van der Waals surface area contributed by atoms with Gasteiger partial charge in [-0.25, -0.2) is 17.6 Å². The van der Waals surface area contributed by atoms with Crippen LogP contribution >= 0.6 is 0 Å². The molecule has 0 saturated heterocycles. The summed E-state index contributed by atoms with van der Waals surface area (Å²) in [6.45, 7) is 4.38. The summed E-state index contributed by atoms with van der Waals surface area (Å²) in [7, 11) is 0. The Labute approximate surface area is 165 Å². The van der Waals surface area contributed by atoms with E-state index in [1.165, 1.54) is 56.7 Å². The highest BCUT2D eigenvalue weighted by Crippen LogP contribution is 2.37. The van der Waals surface area contributed by atoms with E-state index in [2.05, 4.69) is 13.8 Å². The fourth-order valence-electron chi connectivity index (χ4n) is 4.66. The fraction of sp³-hybridized carbons (Fsp3) is 0.500. The SMILES string of the molecule is CCC[C@H]1CC[C@H](C(C)Cc2cc(F)c(-c3ccc(F)c(F)c3)c(F)c2)CC1. The maximum Gasteiger partial charge on any atom is 0.159 e. The zero-order chi connectivity index (χ0) is 20.3. The van der Waals surface area contributed by atoms with Crippen LogP contribution in [0.3, 0.4) is 0 Å². The van der Waals surface area contributed by atoms with Crippen LogP contribution in [0.2, 0.25) is 0 Å². The van der Waals surface area contributed by atoms with Crippen LogP contribution < -0.4 is 0 Å². The van der Waals surface area contributed by atoms with Gasteiger partial charge in [0.2, 0.25) is 0 Å². The Morgan fingerprint density at radius 3 is 2.07 bits per heavy atom. The first-order valence-corrected chi connectivity index (χ1v) is 10.3. The molecule has 1 aliphatic rings. The van der Waals surface area contributed by atoms with Crippen molar-refractivity contribution < 1.29 is 17.6 Å². The standard InChI is InChI=1S/C24H28F4/c1-3-4-16-5-7-18(8-6-16)15(2)11-17-12-22(27)24(23(28)13-17)19-9-10-20(25)21(26)14-19/h9-10,12-16,18H,3-8,11H2,1-2H3/t15?,16-,18-. The molecule has 0 radical (unpaired) electrons. The summed E-state index contributed by atoms with van der Waals surface area (Å²) < 4.78 is 55.7. The maximum atomic E-state index is 14.6. The maximum absolute atomic E-state index is 14.6. The van der Waals surface area contributed by atoms with Gasteiger partial charge in [-0.2, -0.15) is 0 Å². The van der Waals surface area contributed by atoms with Gasteiger partial charge in [-0.1, -0.05) is 45.6 Å². The zero-order valence-corrected chi connectivity index (χ0v) is 16.6. The second kappa shape index (κ2) is 9.11. The van der Waals surface area contributed by atoms with Gasteiger partial charge in [0.25, 0.3) is 0 Å². The van der Waals surface area contributed by atoms with Gasteiger partial charge in [0.1, 0.15) is 11.6 Å². The molecule has 0 spiro atoms. The van der Waals surface area contributed by atoms with Crippen molar-refractivity contribution in [1.82, 2.24) is 0 Å². The molecule has 0 nitrogen and oxygen atoms in total. The minimum Gasteiger partial charge on any atom is -0.206 e. The first-order chi connectivity index (χ1) is 13.4. The number of hydrogen-bond acceptors (Lipinski definition) is 0. The first kappa shape index (κ1) is 20.9. The Bertz CT molecular complexity index is 783. The predicted octanol–water partition coefficient (Wildman–Crippen LogP) is 7.70. The molecular weight excluding hydrogens is 364 g/mol.